The molecule has 30 heavy (non-hydrogen) atoms. The van der Waals surface area contributed by atoms with Gasteiger partial charge in [0.2, 0.25) is 0 Å². The normalized spacial score (nSPS) is 21.0. The van der Waals surface area contributed by atoms with Crippen LogP contribution in [-0.4, -0.2) is 26.2 Å². The number of esters is 2. The van der Waals surface area contributed by atoms with E-state index in [1.165, 1.54) is 12.1 Å². The molecule has 0 spiro atoms. The summed E-state index contributed by atoms with van der Waals surface area (Å²) in [5.74, 6) is -1.71. The fraction of sp³-hybridized carbons (Fsp3) is 0.364. The van der Waals surface area contributed by atoms with E-state index in [1.54, 1.807) is 0 Å². The van der Waals surface area contributed by atoms with Gasteiger partial charge in [-0.3, -0.25) is 9.59 Å². The molecular weight excluding hydrogens is 401 g/mol. The number of methoxy groups -OCH3 is 2. The Hall–Kier alpha value is -2.87. The van der Waals surface area contributed by atoms with Gasteiger partial charge < -0.3 is 14.2 Å². The van der Waals surface area contributed by atoms with Crippen LogP contribution in [0.1, 0.15) is 41.7 Å². The number of hydrogen-bond donors (Lipinski definition) is 0. The lowest BCUT2D eigenvalue weighted by molar-refractivity contribution is -0.199. The van der Waals surface area contributed by atoms with Crippen LogP contribution >= 0.6 is 0 Å². The summed E-state index contributed by atoms with van der Waals surface area (Å²) in [6.07, 6.45) is -5.77. The highest BCUT2D eigenvalue weighted by Gasteiger charge is 2.59. The minimum absolute atomic E-state index is 0.0532. The van der Waals surface area contributed by atoms with Crippen molar-refractivity contribution >= 4 is 11.9 Å². The van der Waals surface area contributed by atoms with E-state index in [0.29, 0.717) is 6.42 Å². The van der Waals surface area contributed by atoms with E-state index in [9.17, 15) is 22.8 Å². The summed E-state index contributed by atoms with van der Waals surface area (Å²) in [4.78, 5) is 25.5. The van der Waals surface area contributed by atoms with Crippen molar-refractivity contribution in [3.05, 3.63) is 71.3 Å². The molecule has 5 nitrogen and oxygen atoms in total. The molecule has 0 unspecified atom stereocenters. The van der Waals surface area contributed by atoms with Crippen LogP contribution in [0, 0.1) is 5.41 Å². The summed E-state index contributed by atoms with van der Waals surface area (Å²) in [6.45, 7) is 0. The number of benzene rings is 2. The molecule has 0 N–H and O–H groups in total. The number of carbonyl (C=O) groups is 2. The summed E-state index contributed by atoms with van der Waals surface area (Å²) < 4.78 is 54.9. The van der Waals surface area contributed by atoms with Crippen LogP contribution in [0.2, 0.25) is 0 Å². The van der Waals surface area contributed by atoms with Crippen molar-refractivity contribution in [3.63, 3.8) is 0 Å². The first-order valence-electron chi connectivity index (χ1n) is 9.28. The molecule has 0 radical (unpaired) electrons. The standard InChI is InChI=1S/C22H21F3O5/c1-28-19(26)21(20(27)29-2)13-12-17(14-6-4-3-5-7-14)30-18(21)15-8-10-16(11-9-15)22(23,24)25/h3-11,17-18H,12-13H2,1-2H3/t17-,18-/m1/s1. The molecule has 8 heteroatoms. The second-order valence-corrected chi connectivity index (χ2v) is 7.03. The number of rotatable bonds is 4. The molecule has 2 aromatic carbocycles. The lowest BCUT2D eigenvalue weighted by atomic mass is 9.71. The monoisotopic (exact) mass is 422 g/mol. The molecule has 3 rings (SSSR count). The quantitative estimate of drug-likeness (QED) is 0.531. The summed E-state index contributed by atoms with van der Waals surface area (Å²) in [5.41, 5.74) is -1.59. The molecule has 0 amide bonds. The highest BCUT2D eigenvalue weighted by atomic mass is 19.4. The van der Waals surface area contributed by atoms with E-state index in [2.05, 4.69) is 0 Å². The van der Waals surface area contributed by atoms with Crippen LogP contribution in [0.3, 0.4) is 0 Å². The van der Waals surface area contributed by atoms with E-state index >= 15 is 0 Å². The molecule has 160 valence electrons. The second-order valence-electron chi connectivity index (χ2n) is 7.03. The topological polar surface area (TPSA) is 61.8 Å². The Balaban J connectivity index is 2.08. The molecule has 0 bridgehead atoms. The third-order valence-electron chi connectivity index (χ3n) is 5.36. The Morgan fingerprint density at radius 3 is 2.00 bits per heavy atom. The fourth-order valence-corrected chi connectivity index (χ4v) is 3.83. The van der Waals surface area contributed by atoms with Crippen molar-refractivity contribution in [3.8, 4) is 0 Å². The van der Waals surface area contributed by atoms with Gasteiger partial charge in [-0.2, -0.15) is 13.2 Å². The van der Waals surface area contributed by atoms with Crippen molar-refractivity contribution in [1.82, 2.24) is 0 Å². The molecule has 0 saturated carbocycles. The van der Waals surface area contributed by atoms with Gasteiger partial charge in [0.1, 0.15) is 6.10 Å². The number of alkyl halides is 3. The zero-order chi connectivity index (χ0) is 21.9. The van der Waals surface area contributed by atoms with Gasteiger partial charge in [0, 0.05) is 0 Å². The zero-order valence-electron chi connectivity index (χ0n) is 16.4. The summed E-state index contributed by atoms with van der Waals surface area (Å²) in [7, 11) is 2.28. The van der Waals surface area contributed by atoms with Gasteiger partial charge in [-0.1, -0.05) is 42.5 Å². The third-order valence-corrected chi connectivity index (χ3v) is 5.36. The van der Waals surface area contributed by atoms with Gasteiger partial charge in [0.25, 0.3) is 0 Å². The van der Waals surface area contributed by atoms with Crippen LogP contribution in [0.25, 0.3) is 0 Å². The van der Waals surface area contributed by atoms with Crippen LogP contribution in [0.15, 0.2) is 54.6 Å². The molecule has 1 aliphatic rings. The Labute approximate surface area is 171 Å². The van der Waals surface area contributed by atoms with Gasteiger partial charge >= 0.3 is 18.1 Å². The van der Waals surface area contributed by atoms with Crippen LogP contribution in [0.5, 0.6) is 0 Å². The average Bonchev–Trinajstić information content (AvgIpc) is 2.77. The number of halogens is 3. The van der Waals surface area contributed by atoms with Gasteiger partial charge in [-0.15, -0.1) is 0 Å². The first-order chi connectivity index (χ1) is 14.2. The van der Waals surface area contributed by atoms with Gasteiger partial charge in [0.15, 0.2) is 5.41 Å². The molecular formula is C22H21F3O5. The van der Waals surface area contributed by atoms with Crippen LogP contribution in [0.4, 0.5) is 13.2 Å². The van der Waals surface area contributed by atoms with E-state index in [-0.39, 0.29) is 12.0 Å². The predicted molar refractivity (Wildman–Crippen MR) is 100 cm³/mol. The minimum Gasteiger partial charge on any atom is -0.468 e. The van der Waals surface area contributed by atoms with E-state index < -0.39 is 41.3 Å². The van der Waals surface area contributed by atoms with E-state index in [4.69, 9.17) is 14.2 Å². The lowest BCUT2D eigenvalue weighted by Crippen LogP contribution is -2.49. The largest absolute Gasteiger partial charge is 0.468 e. The van der Waals surface area contributed by atoms with Gasteiger partial charge in [0.05, 0.1) is 25.9 Å². The lowest BCUT2D eigenvalue weighted by Gasteiger charge is -2.42. The maximum atomic E-state index is 13.0. The Bertz CT molecular complexity index is 877. The molecule has 2 atom stereocenters. The van der Waals surface area contributed by atoms with Crippen molar-refractivity contribution in [2.75, 3.05) is 14.2 Å². The van der Waals surface area contributed by atoms with Crippen molar-refractivity contribution in [2.24, 2.45) is 5.41 Å². The van der Waals surface area contributed by atoms with Crippen LogP contribution in [-0.2, 0) is 30.0 Å². The third kappa shape index (κ3) is 3.92. The Kier molecular flexibility index (Phi) is 6.17. The minimum atomic E-state index is -4.51. The first-order valence-corrected chi connectivity index (χ1v) is 9.28. The smallest absolute Gasteiger partial charge is 0.416 e. The SMILES string of the molecule is COC(=O)C1(C(=O)OC)CC[C@H](c2ccccc2)O[C@@H]1c1ccc(C(F)(F)F)cc1. The Morgan fingerprint density at radius 1 is 0.933 bits per heavy atom. The Morgan fingerprint density at radius 2 is 1.50 bits per heavy atom. The molecule has 1 heterocycles. The van der Waals surface area contributed by atoms with Crippen molar-refractivity contribution in [2.45, 2.75) is 31.2 Å². The highest BCUT2D eigenvalue weighted by molar-refractivity contribution is 6.01. The summed E-state index contributed by atoms with van der Waals surface area (Å²) in [5, 5.41) is 0. The molecule has 2 aromatic rings. The van der Waals surface area contributed by atoms with Crippen molar-refractivity contribution in [1.29, 1.82) is 0 Å². The zero-order valence-corrected chi connectivity index (χ0v) is 16.4. The van der Waals surface area contributed by atoms with E-state index in [1.807, 2.05) is 30.3 Å². The fourth-order valence-electron chi connectivity index (χ4n) is 3.83. The van der Waals surface area contributed by atoms with E-state index in [0.717, 1.165) is 31.9 Å². The number of hydrogen-bond acceptors (Lipinski definition) is 5. The number of carbonyl (C=O) groups excluding carboxylic acids is 2. The number of ether oxygens (including phenoxy) is 3. The summed E-state index contributed by atoms with van der Waals surface area (Å²) in [6, 6.07) is 13.4. The molecule has 1 fully saturated rings. The molecule has 0 aromatic heterocycles. The van der Waals surface area contributed by atoms with Gasteiger partial charge in [-0.05, 0) is 36.1 Å². The second kappa shape index (κ2) is 8.47. The highest BCUT2D eigenvalue weighted by Crippen LogP contribution is 2.51. The summed E-state index contributed by atoms with van der Waals surface area (Å²) >= 11 is 0. The van der Waals surface area contributed by atoms with Crippen molar-refractivity contribution < 1.29 is 37.0 Å². The van der Waals surface area contributed by atoms with Crippen LogP contribution < -0.4 is 0 Å². The predicted octanol–water partition coefficient (Wildman–Crippen LogP) is 4.63. The molecule has 1 aliphatic heterocycles. The maximum Gasteiger partial charge on any atom is 0.416 e. The molecule has 0 aliphatic carbocycles. The maximum absolute atomic E-state index is 13.0. The average molecular weight is 422 g/mol. The van der Waals surface area contributed by atoms with Gasteiger partial charge in [-0.25, -0.2) is 0 Å². The molecule has 1 saturated heterocycles. The first kappa shape index (κ1) is 21.8.